The molecule has 0 spiro atoms. The number of carbonyl (C=O) groups excluding carboxylic acids is 1. The lowest BCUT2D eigenvalue weighted by molar-refractivity contribution is 0.0442. The molecule has 0 aromatic heterocycles. The third kappa shape index (κ3) is 3.79. The number of ether oxygens (including phenoxy) is 1. The Morgan fingerprint density at radius 1 is 1.21 bits per heavy atom. The molecule has 0 heterocycles. The van der Waals surface area contributed by atoms with Crippen molar-refractivity contribution < 1.29 is 24.5 Å². The predicted molar refractivity (Wildman–Crippen MR) is 69.5 cm³/mol. The predicted octanol–water partition coefficient (Wildman–Crippen LogP) is 1.93. The maximum Gasteiger partial charge on any atom is 0.338 e. The van der Waals surface area contributed by atoms with Crippen molar-refractivity contribution in [3.8, 4) is 0 Å². The Morgan fingerprint density at radius 3 is 2.26 bits per heavy atom. The number of aromatic carboxylic acids is 1. The van der Waals surface area contributed by atoms with Crippen molar-refractivity contribution >= 4 is 11.9 Å². The number of aliphatic hydroxyl groups excluding tert-OH is 1. The molecule has 2 N–H and O–H groups in total. The number of carboxylic acid groups (broad SMARTS) is 1. The van der Waals surface area contributed by atoms with E-state index in [-0.39, 0.29) is 12.2 Å². The zero-order valence-corrected chi connectivity index (χ0v) is 11.3. The maximum absolute atomic E-state index is 11.8. The maximum atomic E-state index is 11.8. The summed E-state index contributed by atoms with van der Waals surface area (Å²) in [5.41, 5.74) is 1.69. The highest BCUT2D eigenvalue weighted by Crippen LogP contribution is 2.19. The van der Waals surface area contributed by atoms with Gasteiger partial charge in [0.25, 0.3) is 0 Å². The number of hydrogen-bond donors (Lipinski definition) is 2. The van der Waals surface area contributed by atoms with E-state index in [0.29, 0.717) is 23.1 Å². The van der Waals surface area contributed by atoms with Crippen LogP contribution >= 0.6 is 0 Å². The van der Waals surface area contributed by atoms with Gasteiger partial charge in [-0.2, -0.15) is 0 Å². The zero-order valence-electron chi connectivity index (χ0n) is 11.3. The van der Waals surface area contributed by atoms with Crippen LogP contribution in [0.2, 0.25) is 0 Å². The lowest BCUT2D eigenvalue weighted by Crippen LogP contribution is -2.13. The van der Waals surface area contributed by atoms with E-state index in [2.05, 4.69) is 0 Å². The van der Waals surface area contributed by atoms with E-state index in [1.807, 2.05) is 0 Å². The lowest BCUT2D eigenvalue weighted by Gasteiger charge is -2.11. The van der Waals surface area contributed by atoms with Gasteiger partial charge >= 0.3 is 11.9 Å². The molecule has 0 bridgehead atoms. The van der Waals surface area contributed by atoms with Crippen LogP contribution in [0.15, 0.2) is 12.1 Å². The Labute approximate surface area is 111 Å². The van der Waals surface area contributed by atoms with E-state index in [9.17, 15) is 9.59 Å². The van der Waals surface area contributed by atoms with E-state index < -0.39 is 18.0 Å². The first-order valence-electron chi connectivity index (χ1n) is 6.03. The summed E-state index contributed by atoms with van der Waals surface area (Å²) in [7, 11) is 0. The van der Waals surface area contributed by atoms with Gasteiger partial charge in [0.2, 0.25) is 0 Å². The van der Waals surface area contributed by atoms with Crippen molar-refractivity contribution in [1.29, 1.82) is 0 Å². The molecule has 0 saturated carbocycles. The summed E-state index contributed by atoms with van der Waals surface area (Å²) in [6, 6.07) is 2.85. The first kappa shape index (κ1) is 15.2. The topological polar surface area (TPSA) is 83.8 Å². The molecular weight excluding hydrogens is 248 g/mol. The van der Waals surface area contributed by atoms with Crippen LogP contribution in [0.25, 0.3) is 0 Å². The van der Waals surface area contributed by atoms with Crippen molar-refractivity contribution in [1.82, 2.24) is 0 Å². The van der Waals surface area contributed by atoms with E-state index in [1.165, 1.54) is 12.1 Å². The van der Waals surface area contributed by atoms with Gasteiger partial charge in [-0.3, -0.25) is 0 Å². The minimum atomic E-state index is -1.02. The van der Waals surface area contributed by atoms with Gasteiger partial charge in [0, 0.05) is 6.42 Å². The van der Waals surface area contributed by atoms with Crippen molar-refractivity contribution in [3.63, 3.8) is 0 Å². The number of rotatable bonds is 5. The van der Waals surface area contributed by atoms with Crippen LogP contribution in [0, 0.1) is 13.8 Å². The molecule has 19 heavy (non-hydrogen) atoms. The highest BCUT2D eigenvalue weighted by Gasteiger charge is 2.16. The summed E-state index contributed by atoms with van der Waals surface area (Å²) in [6.07, 6.45) is -0.151. The molecule has 104 valence electrons. The summed E-state index contributed by atoms with van der Waals surface area (Å²) < 4.78 is 5.03. The average molecular weight is 266 g/mol. The molecule has 1 rings (SSSR count). The Kier molecular flexibility index (Phi) is 5.06. The van der Waals surface area contributed by atoms with Crippen LogP contribution in [-0.4, -0.2) is 34.9 Å². The van der Waals surface area contributed by atoms with Crippen LogP contribution in [0.5, 0.6) is 0 Å². The van der Waals surface area contributed by atoms with Crippen LogP contribution in [0.3, 0.4) is 0 Å². The molecule has 1 aromatic rings. The smallest absolute Gasteiger partial charge is 0.338 e. The fraction of sp³-hybridized carbons (Fsp3) is 0.429. The molecule has 1 unspecified atom stereocenters. The molecule has 0 saturated heterocycles. The Hall–Kier alpha value is -1.88. The third-order valence-corrected chi connectivity index (χ3v) is 3.01. The molecule has 5 nitrogen and oxygen atoms in total. The number of aliphatic hydroxyl groups is 1. The third-order valence-electron chi connectivity index (χ3n) is 3.01. The van der Waals surface area contributed by atoms with Crippen LogP contribution in [0.1, 0.15) is 45.2 Å². The van der Waals surface area contributed by atoms with Gasteiger partial charge in [0.05, 0.1) is 23.8 Å². The minimum absolute atomic E-state index is 0.135. The first-order chi connectivity index (χ1) is 8.84. The number of carboxylic acids is 1. The molecule has 0 aliphatic heterocycles. The van der Waals surface area contributed by atoms with Gasteiger partial charge in [0.1, 0.15) is 0 Å². The minimum Gasteiger partial charge on any atom is -0.478 e. The molecule has 0 radical (unpaired) electrons. The molecule has 0 aliphatic carbocycles. The van der Waals surface area contributed by atoms with Gasteiger partial charge in [-0.25, -0.2) is 9.59 Å². The largest absolute Gasteiger partial charge is 0.478 e. The van der Waals surface area contributed by atoms with Crippen molar-refractivity contribution in [2.75, 3.05) is 6.61 Å². The van der Waals surface area contributed by atoms with Gasteiger partial charge < -0.3 is 14.9 Å². The SMILES string of the molecule is Cc1c(C(=O)O)ccc(C(=O)OCCC(C)O)c1C. The first-order valence-corrected chi connectivity index (χ1v) is 6.03. The second-order valence-corrected chi connectivity index (χ2v) is 4.49. The standard InChI is InChI=1S/C14H18O5/c1-8(15)6-7-19-14(18)12-5-4-11(13(16)17)9(2)10(12)3/h4-5,8,15H,6-7H2,1-3H3,(H,16,17). The normalized spacial score (nSPS) is 12.0. The zero-order chi connectivity index (χ0) is 14.6. The molecule has 1 aromatic carbocycles. The number of carbonyl (C=O) groups is 2. The van der Waals surface area contributed by atoms with E-state index in [1.54, 1.807) is 20.8 Å². The highest BCUT2D eigenvalue weighted by atomic mass is 16.5. The number of benzene rings is 1. The Balaban J connectivity index is 2.87. The van der Waals surface area contributed by atoms with E-state index >= 15 is 0 Å². The molecule has 0 fully saturated rings. The number of hydrogen-bond acceptors (Lipinski definition) is 4. The van der Waals surface area contributed by atoms with E-state index in [0.717, 1.165) is 0 Å². The summed E-state index contributed by atoms with van der Waals surface area (Å²) in [5.74, 6) is -1.52. The van der Waals surface area contributed by atoms with Crippen LogP contribution < -0.4 is 0 Å². The molecule has 1 atom stereocenters. The monoisotopic (exact) mass is 266 g/mol. The fourth-order valence-electron chi connectivity index (χ4n) is 1.67. The highest BCUT2D eigenvalue weighted by molar-refractivity contribution is 5.95. The van der Waals surface area contributed by atoms with Crippen LogP contribution in [0.4, 0.5) is 0 Å². The van der Waals surface area contributed by atoms with Crippen molar-refractivity contribution in [2.45, 2.75) is 33.3 Å². The Bertz CT molecular complexity index is 491. The van der Waals surface area contributed by atoms with Gasteiger partial charge in [-0.15, -0.1) is 0 Å². The van der Waals surface area contributed by atoms with Crippen LogP contribution in [-0.2, 0) is 4.74 Å². The van der Waals surface area contributed by atoms with Crippen molar-refractivity contribution in [2.24, 2.45) is 0 Å². The molecule has 0 aliphatic rings. The fourth-order valence-corrected chi connectivity index (χ4v) is 1.67. The quantitative estimate of drug-likeness (QED) is 0.795. The van der Waals surface area contributed by atoms with Gasteiger partial charge in [-0.05, 0) is 44.0 Å². The summed E-state index contributed by atoms with van der Waals surface area (Å²) >= 11 is 0. The summed E-state index contributed by atoms with van der Waals surface area (Å²) in [6.45, 7) is 5.10. The molecule has 0 amide bonds. The van der Waals surface area contributed by atoms with Crippen molar-refractivity contribution in [3.05, 3.63) is 34.4 Å². The van der Waals surface area contributed by atoms with E-state index in [4.69, 9.17) is 14.9 Å². The Morgan fingerprint density at radius 2 is 1.74 bits per heavy atom. The second kappa shape index (κ2) is 6.33. The van der Waals surface area contributed by atoms with Gasteiger partial charge in [-0.1, -0.05) is 0 Å². The molecule has 5 heteroatoms. The number of esters is 1. The summed E-state index contributed by atoms with van der Waals surface area (Å²) in [5, 5.41) is 18.1. The second-order valence-electron chi connectivity index (χ2n) is 4.49. The van der Waals surface area contributed by atoms with Gasteiger partial charge in [0.15, 0.2) is 0 Å². The lowest BCUT2D eigenvalue weighted by atomic mass is 9.98. The average Bonchev–Trinajstić information content (AvgIpc) is 2.31. The summed E-state index contributed by atoms with van der Waals surface area (Å²) in [4.78, 5) is 22.8. The molecular formula is C14H18O5.